The Morgan fingerprint density at radius 2 is 1.90 bits per heavy atom. The predicted octanol–water partition coefficient (Wildman–Crippen LogP) is 3.05. The van der Waals surface area contributed by atoms with Crippen LogP contribution in [0.2, 0.25) is 19.6 Å². The number of halogens is 1. The van der Waals surface area contributed by atoms with Crippen molar-refractivity contribution in [2.24, 2.45) is 0 Å². The summed E-state index contributed by atoms with van der Waals surface area (Å²) < 4.78 is 6.99. The molecule has 0 saturated carbocycles. The van der Waals surface area contributed by atoms with Gasteiger partial charge in [-0.25, -0.2) is 0 Å². The summed E-state index contributed by atoms with van der Waals surface area (Å²) in [6.07, 6.45) is 1.64. The van der Waals surface area contributed by atoms with E-state index < -0.39 is 8.32 Å². The number of hydrogen-bond acceptors (Lipinski definition) is 1. The third-order valence-electron chi connectivity index (χ3n) is 1.15. The minimum absolute atomic E-state index is 0.493. The van der Waals surface area contributed by atoms with E-state index in [-0.39, 0.29) is 0 Å². The van der Waals surface area contributed by atoms with Gasteiger partial charge in [0.15, 0.2) is 8.32 Å². The van der Waals surface area contributed by atoms with E-state index in [0.717, 1.165) is 10.8 Å². The summed E-state index contributed by atoms with van der Waals surface area (Å²) in [4.78, 5) is 0. The first-order valence-electron chi connectivity index (χ1n) is 3.73. The van der Waals surface area contributed by atoms with Crippen molar-refractivity contribution in [3.8, 4) is 0 Å². The fourth-order valence-corrected chi connectivity index (χ4v) is 3.12. The highest BCUT2D eigenvalue weighted by molar-refractivity contribution is 14.1. The maximum Gasteiger partial charge on any atom is 0.184 e. The lowest BCUT2D eigenvalue weighted by Gasteiger charge is -2.23. The van der Waals surface area contributed by atoms with Gasteiger partial charge in [0.25, 0.3) is 0 Å². The van der Waals surface area contributed by atoms with Crippen LogP contribution in [0.4, 0.5) is 0 Å². The molecular weight excluding hydrogens is 255 g/mol. The highest BCUT2D eigenvalue weighted by atomic mass is 127. The Bertz CT molecular complexity index is 86.1. The SMILES string of the molecule is CC[C@@H](CI)O[Si](C)(C)C. The van der Waals surface area contributed by atoms with Gasteiger partial charge in [0.1, 0.15) is 0 Å². The van der Waals surface area contributed by atoms with Gasteiger partial charge in [-0.3, -0.25) is 0 Å². The van der Waals surface area contributed by atoms with Crippen LogP contribution in [-0.2, 0) is 4.43 Å². The van der Waals surface area contributed by atoms with Crippen molar-refractivity contribution in [1.82, 2.24) is 0 Å². The second kappa shape index (κ2) is 4.72. The van der Waals surface area contributed by atoms with Crippen LogP contribution in [0.3, 0.4) is 0 Å². The van der Waals surface area contributed by atoms with E-state index in [1.165, 1.54) is 0 Å². The zero-order valence-corrected chi connectivity index (χ0v) is 10.4. The molecule has 0 aliphatic carbocycles. The molecule has 0 amide bonds. The lowest BCUT2D eigenvalue weighted by Crippen LogP contribution is -2.32. The van der Waals surface area contributed by atoms with Crippen molar-refractivity contribution in [2.45, 2.75) is 39.1 Å². The van der Waals surface area contributed by atoms with Crippen LogP contribution in [0.1, 0.15) is 13.3 Å². The smallest absolute Gasteiger partial charge is 0.184 e. The normalized spacial score (nSPS) is 15.3. The third-order valence-corrected chi connectivity index (χ3v) is 3.17. The quantitative estimate of drug-likeness (QED) is 0.434. The first-order chi connectivity index (χ1) is 4.49. The molecule has 0 heterocycles. The van der Waals surface area contributed by atoms with Gasteiger partial charge in [0.2, 0.25) is 0 Å². The summed E-state index contributed by atoms with van der Waals surface area (Å²) in [6.45, 7) is 8.90. The maximum atomic E-state index is 5.87. The molecule has 0 rings (SSSR count). The van der Waals surface area contributed by atoms with Crippen molar-refractivity contribution in [2.75, 3.05) is 4.43 Å². The molecule has 0 bridgehead atoms. The molecule has 10 heavy (non-hydrogen) atoms. The topological polar surface area (TPSA) is 9.23 Å². The van der Waals surface area contributed by atoms with Gasteiger partial charge in [-0.2, -0.15) is 0 Å². The highest BCUT2D eigenvalue weighted by Crippen LogP contribution is 2.11. The number of alkyl halides is 1. The Hall–Kier alpha value is 0.907. The molecule has 0 aliphatic rings. The summed E-state index contributed by atoms with van der Waals surface area (Å²) in [7, 11) is -1.27. The van der Waals surface area contributed by atoms with Crippen molar-refractivity contribution < 1.29 is 4.43 Å². The molecule has 0 aromatic rings. The second-order valence-electron chi connectivity index (χ2n) is 3.41. The van der Waals surface area contributed by atoms with Crippen LogP contribution in [0, 0.1) is 0 Å². The number of rotatable bonds is 4. The summed E-state index contributed by atoms with van der Waals surface area (Å²) in [5, 5.41) is 0. The zero-order chi connectivity index (χ0) is 8.20. The minimum Gasteiger partial charge on any atom is -0.414 e. The van der Waals surface area contributed by atoms with Gasteiger partial charge in [-0.15, -0.1) is 0 Å². The standard InChI is InChI=1S/C7H17IOSi/c1-5-7(6-8)9-10(2,3)4/h7H,5-6H2,1-4H3/t7-/m0/s1. The molecule has 3 heteroatoms. The van der Waals surface area contributed by atoms with Gasteiger partial charge in [-0.1, -0.05) is 29.5 Å². The van der Waals surface area contributed by atoms with E-state index in [1.807, 2.05) is 0 Å². The first kappa shape index (κ1) is 10.9. The fraction of sp³-hybridized carbons (Fsp3) is 1.00. The molecule has 1 atom stereocenters. The molecule has 0 spiro atoms. The highest BCUT2D eigenvalue weighted by Gasteiger charge is 2.18. The largest absolute Gasteiger partial charge is 0.414 e. The lowest BCUT2D eigenvalue weighted by molar-refractivity contribution is 0.217. The van der Waals surface area contributed by atoms with Crippen molar-refractivity contribution in [1.29, 1.82) is 0 Å². The van der Waals surface area contributed by atoms with Crippen molar-refractivity contribution in [3.05, 3.63) is 0 Å². The van der Waals surface area contributed by atoms with Crippen LogP contribution in [-0.4, -0.2) is 18.8 Å². The van der Waals surface area contributed by atoms with Crippen LogP contribution < -0.4 is 0 Å². The number of hydrogen-bond donors (Lipinski definition) is 0. The summed E-state index contributed by atoms with van der Waals surface area (Å²) in [5.41, 5.74) is 0. The lowest BCUT2D eigenvalue weighted by atomic mass is 10.3. The van der Waals surface area contributed by atoms with Crippen molar-refractivity contribution >= 4 is 30.9 Å². The third kappa shape index (κ3) is 5.67. The Labute approximate surface area is 78.8 Å². The van der Waals surface area contributed by atoms with Gasteiger partial charge in [0.05, 0.1) is 6.10 Å². The van der Waals surface area contributed by atoms with Gasteiger partial charge in [-0.05, 0) is 26.1 Å². The van der Waals surface area contributed by atoms with Gasteiger partial charge >= 0.3 is 0 Å². The van der Waals surface area contributed by atoms with E-state index in [2.05, 4.69) is 49.2 Å². The monoisotopic (exact) mass is 272 g/mol. The van der Waals surface area contributed by atoms with Gasteiger partial charge in [0, 0.05) is 4.43 Å². The van der Waals surface area contributed by atoms with Crippen LogP contribution in [0.5, 0.6) is 0 Å². The maximum absolute atomic E-state index is 5.87. The molecule has 0 fully saturated rings. The van der Waals surface area contributed by atoms with Crippen LogP contribution in [0.25, 0.3) is 0 Å². The summed E-state index contributed by atoms with van der Waals surface area (Å²) in [6, 6.07) is 0. The second-order valence-corrected chi connectivity index (χ2v) is 8.76. The first-order valence-corrected chi connectivity index (χ1v) is 8.66. The van der Waals surface area contributed by atoms with Crippen LogP contribution in [0.15, 0.2) is 0 Å². The fourth-order valence-electron chi connectivity index (χ4n) is 0.724. The molecule has 0 unspecified atom stereocenters. The van der Waals surface area contributed by atoms with E-state index in [4.69, 9.17) is 4.43 Å². The molecule has 1 nitrogen and oxygen atoms in total. The average molecular weight is 272 g/mol. The van der Waals surface area contributed by atoms with Crippen molar-refractivity contribution in [3.63, 3.8) is 0 Å². The molecule has 0 aromatic heterocycles. The predicted molar refractivity (Wildman–Crippen MR) is 57.4 cm³/mol. The molecular formula is C7H17IOSi. The Balaban J connectivity index is 3.63. The average Bonchev–Trinajstić information content (AvgIpc) is 1.81. The zero-order valence-electron chi connectivity index (χ0n) is 7.28. The van der Waals surface area contributed by atoms with E-state index in [1.54, 1.807) is 0 Å². The molecule has 0 aromatic carbocycles. The Kier molecular flexibility index (Phi) is 5.15. The Morgan fingerprint density at radius 1 is 1.40 bits per heavy atom. The molecule has 0 saturated heterocycles. The van der Waals surface area contributed by atoms with E-state index in [0.29, 0.717) is 6.10 Å². The van der Waals surface area contributed by atoms with Crippen LogP contribution >= 0.6 is 22.6 Å². The molecule has 62 valence electrons. The van der Waals surface area contributed by atoms with Gasteiger partial charge < -0.3 is 4.43 Å². The summed E-state index contributed by atoms with van der Waals surface area (Å²) in [5.74, 6) is 0. The summed E-state index contributed by atoms with van der Waals surface area (Å²) >= 11 is 2.39. The van der Waals surface area contributed by atoms with E-state index >= 15 is 0 Å². The molecule has 0 aliphatic heterocycles. The van der Waals surface area contributed by atoms with E-state index in [9.17, 15) is 0 Å². The molecule has 0 N–H and O–H groups in total. The molecule has 0 radical (unpaired) electrons. The Morgan fingerprint density at radius 3 is 2.00 bits per heavy atom. The minimum atomic E-state index is -1.27.